The lowest BCUT2D eigenvalue weighted by molar-refractivity contribution is 1.45. The van der Waals surface area contributed by atoms with E-state index in [4.69, 9.17) is 4.98 Å². The fraction of sp³-hybridized carbons (Fsp3) is 0. The molecule has 0 radical (unpaired) electrons. The molecule has 9 rings (SSSR count). The first-order chi connectivity index (χ1) is 22.8. The van der Waals surface area contributed by atoms with Crippen LogP contribution in [-0.2, 0) is 0 Å². The molecule has 8 aromatic carbocycles. The Bertz CT molecular complexity index is 2560. The van der Waals surface area contributed by atoms with Crippen molar-refractivity contribution in [3.05, 3.63) is 176 Å². The quantitative estimate of drug-likeness (QED) is 0.148. The van der Waals surface area contributed by atoms with Gasteiger partial charge in [-0.05, 0) is 78.2 Å². The Morgan fingerprint density at radius 3 is 1.70 bits per heavy atom. The third kappa shape index (κ3) is 4.29. The topological polar surface area (TPSA) is 12.9 Å². The van der Waals surface area contributed by atoms with Gasteiger partial charge in [0.25, 0.3) is 0 Å². The Morgan fingerprint density at radius 2 is 0.891 bits per heavy atom. The van der Waals surface area contributed by atoms with Crippen molar-refractivity contribution >= 4 is 43.2 Å². The summed E-state index contributed by atoms with van der Waals surface area (Å²) in [5, 5.41) is 8.52. The van der Waals surface area contributed by atoms with Gasteiger partial charge in [-0.1, -0.05) is 158 Å². The molecule has 1 nitrogen and oxygen atoms in total. The minimum atomic E-state index is 1.00. The first kappa shape index (κ1) is 26.4. The summed E-state index contributed by atoms with van der Waals surface area (Å²) in [5.41, 5.74) is 10.7. The second-order valence-corrected chi connectivity index (χ2v) is 11.9. The van der Waals surface area contributed by atoms with E-state index < -0.39 is 0 Å². The molecule has 0 bridgehead atoms. The average molecular weight is 584 g/mol. The van der Waals surface area contributed by atoms with Crippen LogP contribution in [0.3, 0.4) is 0 Å². The van der Waals surface area contributed by atoms with E-state index in [1.165, 1.54) is 76.8 Å². The summed E-state index contributed by atoms with van der Waals surface area (Å²) in [7, 11) is 0. The molecular formula is C45H29N. The monoisotopic (exact) mass is 583 g/mol. The zero-order chi connectivity index (χ0) is 30.5. The predicted molar refractivity (Wildman–Crippen MR) is 196 cm³/mol. The van der Waals surface area contributed by atoms with Crippen molar-refractivity contribution in [3.63, 3.8) is 0 Å². The van der Waals surface area contributed by atoms with Gasteiger partial charge in [0.2, 0.25) is 0 Å². The lowest BCUT2D eigenvalue weighted by Crippen LogP contribution is -1.95. The van der Waals surface area contributed by atoms with E-state index in [-0.39, 0.29) is 0 Å². The Balaban J connectivity index is 1.36. The maximum Gasteiger partial charge on any atom is 0.0708 e. The van der Waals surface area contributed by atoms with Crippen LogP contribution in [0.4, 0.5) is 0 Å². The summed E-state index contributed by atoms with van der Waals surface area (Å²) >= 11 is 0. The van der Waals surface area contributed by atoms with E-state index >= 15 is 0 Å². The maximum absolute atomic E-state index is 5.03. The highest BCUT2D eigenvalue weighted by Gasteiger charge is 2.21. The van der Waals surface area contributed by atoms with Gasteiger partial charge < -0.3 is 0 Å². The Morgan fingerprint density at radius 1 is 0.326 bits per heavy atom. The maximum atomic E-state index is 5.03. The normalized spacial score (nSPS) is 11.5. The van der Waals surface area contributed by atoms with E-state index in [1.54, 1.807) is 0 Å². The second-order valence-electron chi connectivity index (χ2n) is 11.9. The molecule has 0 saturated carbocycles. The molecule has 46 heavy (non-hydrogen) atoms. The van der Waals surface area contributed by atoms with Crippen molar-refractivity contribution in [2.24, 2.45) is 0 Å². The van der Waals surface area contributed by atoms with Crippen LogP contribution in [0.5, 0.6) is 0 Å². The summed E-state index contributed by atoms with van der Waals surface area (Å²) in [6.45, 7) is 0. The van der Waals surface area contributed by atoms with Crippen molar-refractivity contribution in [2.45, 2.75) is 0 Å². The summed E-state index contributed by atoms with van der Waals surface area (Å²) in [5.74, 6) is 0. The Hall–Kier alpha value is -6.05. The van der Waals surface area contributed by atoms with E-state index in [9.17, 15) is 0 Å². The fourth-order valence-electron chi connectivity index (χ4n) is 7.16. The molecule has 9 aromatic rings. The van der Waals surface area contributed by atoms with Crippen LogP contribution in [0.2, 0.25) is 0 Å². The SMILES string of the molecule is c1ccc(-c2ccc(-c3ccccc3-c3c4ccccc4c(-c4ccc5ccccc5c4)c4c3cnc3ccccc34)cc2)cc1. The molecular weight excluding hydrogens is 555 g/mol. The van der Waals surface area contributed by atoms with Crippen LogP contribution in [0.25, 0.3) is 87.7 Å². The van der Waals surface area contributed by atoms with Gasteiger partial charge in [-0.3, -0.25) is 4.98 Å². The molecule has 0 atom stereocenters. The molecule has 1 heterocycles. The predicted octanol–water partition coefficient (Wildman–Crippen LogP) is 12.4. The minimum absolute atomic E-state index is 1.00. The number of fused-ring (bicyclic) bond motifs is 5. The lowest BCUT2D eigenvalue weighted by Gasteiger charge is -2.21. The van der Waals surface area contributed by atoms with Crippen LogP contribution in [0.1, 0.15) is 0 Å². The van der Waals surface area contributed by atoms with E-state index in [0.29, 0.717) is 0 Å². The van der Waals surface area contributed by atoms with Crippen LogP contribution in [0.15, 0.2) is 176 Å². The highest BCUT2D eigenvalue weighted by molar-refractivity contribution is 6.28. The van der Waals surface area contributed by atoms with Crippen molar-refractivity contribution in [1.29, 1.82) is 0 Å². The zero-order valence-corrected chi connectivity index (χ0v) is 25.2. The second kappa shape index (κ2) is 10.8. The number of pyridine rings is 1. The summed E-state index contributed by atoms with van der Waals surface area (Å²) in [4.78, 5) is 5.03. The molecule has 0 aliphatic heterocycles. The summed E-state index contributed by atoms with van der Waals surface area (Å²) in [6, 6.07) is 61.3. The number of aromatic nitrogens is 1. The summed E-state index contributed by atoms with van der Waals surface area (Å²) < 4.78 is 0. The van der Waals surface area contributed by atoms with Gasteiger partial charge in [-0.15, -0.1) is 0 Å². The van der Waals surface area contributed by atoms with Gasteiger partial charge in [0.1, 0.15) is 0 Å². The molecule has 0 unspecified atom stereocenters. The smallest absolute Gasteiger partial charge is 0.0708 e. The van der Waals surface area contributed by atoms with Crippen molar-refractivity contribution in [2.75, 3.05) is 0 Å². The van der Waals surface area contributed by atoms with E-state index in [2.05, 4.69) is 176 Å². The number of nitrogens with zero attached hydrogens (tertiary/aromatic N) is 1. The molecule has 0 aliphatic rings. The molecule has 0 spiro atoms. The third-order valence-electron chi connectivity index (χ3n) is 9.30. The Labute approximate surface area is 268 Å². The molecule has 0 N–H and O–H groups in total. The average Bonchev–Trinajstić information content (AvgIpc) is 3.14. The van der Waals surface area contributed by atoms with Gasteiger partial charge >= 0.3 is 0 Å². The number of benzene rings is 8. The molecule has 1 aromatic heterocycles. The number of hydrogen-bond donors (Lipinski definition) is 0. The zero-order valence-electron chi connectivity index (χ0n) is 25.2. The molecule has 0 amide bonds. The summed E-state index contributed by atoms with van der Waals surface area (Å²) in [6.07, 6.45) is 2.10. The number of rotatable bonds is 4. The van der Waals surface area contributed by atoms with Gasteiger partial charge in [-0.25, -0.2) is 0 Å². The third-order valence-corrected chi connectivity index (χ3v) is 9.30. The van der Waals surface area contributed by atoms with Crippen molar-refractivity contribution in [3.8, 4) is 44.5 Å². The molecule has 1 heteroatoms. The largest absolute Gasteiger partial charge is 0.256 e. The molecule has 0 saturated heterocycles. The van der Waals surface area contributed by atoms with Crippen molar-refractivity contribution in [1.82, 2.24) is 4.98 Å². The first-order valence-corrected chi connectivity index (χ1v) is 15.8. The van der Waals surface area contributed by atoms with E-state index in [1.807, 2.05) is 0 Å². The minimum Gasteiger partial charge on any atom is -0.256 e. The van der Waals surface area contributed by atoms with Gasteiger partial charge in [-0.2, -0.15) is 0 Å². The number of para-hydroxylation sites is 1. The van der Waals surface area contributed by atoms with Crippen LogP contribution in [-0.4, -0.2) is 4.98 Å². The first-order valence-electron chi connectivity index (χ1n) is 15.8. The highest BCUT2D eigenvalue weighted by Crippen LogP contribution is 2.48. The fourth-order valence-corrected chi connectivity index (χ4v) is 7.16. The van der Waals surface area contributed by atoms with Crippen LogP contribution in [0, 0.1) is 0 Å². The Kier molecular flexibility index (Phi) is 6.21. The molecule has 214 valence electrons. The lowest BCUT2D eigenvalue weighted by atomic mass is 9.83. The van der Waals surface area contributed by atoms with Crippen molar-refractivity contribution < 1.29 is 0 Å². The van der Waals surface area contributed by atoms with Crippen LogP contribution < -0.4 is 0 Å². The number of hydrogen-bond acceptors (Lipinski definition) is 1. The molecule has 0 aliphatic carbocycles. The molecule has 0 fully saturated rings. The van der Waals surface area contributed by atoms with E-state index in [0.717, 1.165) is 10.9 Å². The van der Waals surface area contributed by atoms with Gasteiger partial charge in [0.05, 0.1) is 5.52 Å². The van der Waals surface area contributed by atoms with Gasteiger partial charge in [0.15, 0.2) is 0 Å². The van der Waals surface area contributed by atoms with Crippen LogP contribution >= 0.6 is 0 Å². The standard InChI is InChI=1S/C45H29N/c1-2-12-30(13-3-1)32-22-25-33(26-23-32)36-16-6-7-17-37(36)44-39-19-9-8-18-38(39)43(35-27-24-31-14-4-5-15-34(31)28-35)45-40-20-10-11-21-42(40)46-29-41(44)45/h1-29H. The highest BCUT2D eigenvalue weighted by atomic mass is 14.7. The van der Waals surface area contributed by atoms with Gasteiger partial charge in [0, 0.05) is 22.4 Å².